The SMILES string of the molecule is c1cnnc(N2CCN(C3CNC3)CC2)c1. The van der Waals surface area contributed by atoms with Crippen molar-refractivity contribution in [2.75, 3.05) is 44.2 Å². The zero-order valence-corrected chi connectivity index (χ0v) is 9.34. The molecule has 2 aliphatic rings. The van der Waals surface area contributed by atoms with E-state index >= 15 is 0 Å². The van der Waals surface area contributed by atoms with Gasteiger partial charge in [0, 0.05) is 51.5 Å². The van der Waals surface area contributed by atoms with Crippen LogP contribution in [0.5, 0.6) is 0 Å². The Morgan fingerprint density at radius 3 is 2.56 bits per heavy atom. The Hall–Kier alpha value is -1.20. The van der Waals surface area contributed by atoms with Gasteiger partial charge in [0.25, 0.3) is 0 Å². The van der Waals surface area contributed by atoms with E-state index in [9.17, 15) is 0 Å². The molecule has 2 aliphatic heterocycles. The molecule has 0 amide bonds. The highest BCUT2D eigenvalue weighted by atomic mass is 15.3. The second-order valence-corrected chi connectivity index (χ2v) is 4.42. The third-order valence-corrected chi connectivity index (χ3v) is 3.47. The van der Waals surface area contributed by atoms with Gasteiger partial charge in [-0.3, -0.25) is 4.90 Å². The Balaban J connectivity index is 1.58. The number of anilines is 1. The number of aromatic nitrogens is 2. The van der Waals surface area contributed by atoms with Crippen molar-refractivity contribution in [3.63, 3.8) is 0 Å². The molecular weight excluding hydrogens is 202 g/mol. The van der Waals surface area contributed by atoms with Crippen molar-refractivity contribution in [1.29, 1.82) is 0 Å². The van der Waals surface area contributed by atoms with Crippen LogP contribution in [-0.2, 0) is 0 Å². The molecule has 86 valence electrons. The fourth-order valence-electron chi connectivity index (χ4n) is 2.31. The molecule has 0 aromatic carbocycles. The highest BCUT2D eigenvalue weighted by Crippen LogP contribution is 2.14. The van der Waals surface area contributed by atoms with Crippen LogP contribution in [0.2, 0.25) is 0 Å². The largest absolute Gasteiger partial charge is 0.353 e. The molecule has 5 heteroatoms. The quantitative estimate of drug-likeness (QED) is 0.731. The van der Waals surface area contributed by atoms with E-state index < -0.39 is 0 Å². The van der Waals surface area contributed by atoms with E-state index in [-0.39, 0.29) is 0 Å². The maximum atomic E-state index is 4.15. The smallest absolute Gasteiger partial charge is 0.151 e. The average molecular weight is 219 g/mol. The summed E-state index contributed by atoms with van der Waals surface area (Å²) in [4.78, 5) is 4.89. The molecule has 0 saturated carbocycles. The second kappa shape index (κ2) is 4.35. The van der Waals surface area contributed by atoms with Gasteiger partial charge in [0.15, 0.2) is 5.82 Å². The molecule has 3 heterocycles. The van der Waals surface area contributed by atoms with Crippen LogP contribution in [0.3, 0.4) is 0 Å². The maximum absolute atomic E-state index is 4.15. The zero-order valence-electron chi connectivity index (χ0n) is 9.34. The first kappa shape index (κ1) is 9.99. The predicted molar refractivity (Wildman–Crippen MR) is 62.5 cm³/mol. The Kier molecular flexibility index (Phi) is 2.71. The van der Waals surface area contributed by atoms with E-state index in [2.05, 4.69) is 25.3 Å². The molecule has 0 unspecified atom stereocenters. The molecule has 0 aliphatic carbocycles. The van der Waals surface area contributed by atoms with Crippen LogP contribution in [0, 0.1) is 0 Å². The number of rotatable bonds is 2. The number of nitrogens with zero attached hydrogens (tertiary/aromatic N) is 4. The van der Waals surface area contributed by atoms with Crippen molar-refractivity contribution >= 4 is 5.82 Å². The van der Waals surface area contributed by atoms with Crippen LogP contribution in [-0.4, -0.2) is 60.4 Å². The van der Waals surface area contributed by atoms with Crippen molar-refractivity contribution in [3.05, 3.63) is 18.3 Å². The first-order chi connectivity index (χ1) is 7.93. The average Bonchev–Trinajstić information content (AvgIpc) is 2.29. The van der Waals surface area contributed by atoms with E-state index in [1.807, 2.05) is 12.1 Å². The van der Waals surface area contributed by atoms with Crippen LogP contribution >= 0.6 is 0 Å². The first-order valence-electron chi connectivity index (χ1n) is 5.91. The summed E-state index contributed by atoms with van der Waals surface area (Å²) < 4.78 is 0. The van der Waals surface area contributed by atoms with Gasteiger partial charge < -0.3 is 10.2 Å². The number of nitrogens with one attached hydrogen (secondary N) is 1. The van der Waals surface area contributed by atoms with Gasteiger partial charge in [-0.1, -0.05) is 0 Å². The summed E-state index contributed by atoms with van der Waals surface area (Å²) in [5.74, 6) is 1.01. The third-order valence-electron chi connectivity index (χ3n) is 3.47. The van der Waals surface area contributed by atoms with Crippen LogP contribution in [0.25, 0.3) is 0 Å². The van der Waals surface area contributed by atoms with Crippen LogP contribution < -0.4 is 10.2 Å². The first-order valence-corrected chi connectivity index (χ1v) is 5.91. The van der Waals surface area contributed by atoms with E-state index in [1.54, 1.807) is 6.20 Å². The van der Waals surface area contributed by atoms with Gasteiger partial charge in [-0.15, -0.1) is 5.10 Å². The summed E-state index contributed by atoms with van der Waals surface area (Å²) in [5.41, 5.74) is 0. The lowest BCUT2D eigenvalue weighted by molar-refractivity contribution is 0.137. The molecule has 1 aromatic heterocycles. The summed E-state index contributed by atoms with van der Waals surface area (Å²) in [6, 6.07) is 4.75. The number of hydrogen-bond donors (Lipinski definition) is 1. The molecule has 1 N–H and O–H groups in total. The lowest BCUT2D eigenvalue weighted by atomic mass is 10.1. The molecule has 0 bridgehead atoms. The summed E-state index contributed by atoms with van der Waals surface area (Å²) in [6.07, 6.45) is 1.72. The van der Waals surface area contributed by atoms with Crippen LogP contribution in [0.4, 0.5) is 5.82 Å². The van der Waals surface area contributed by atoms with Crippen molar-refractivity contribution < 1.29 is 0 Å². The van der Waals surface area contributed by atoms with E-state index in [0.29, 0.717) is 0 Å². The van der Waals surface area contributed by atoms with Gasteiger partial charge in [0.1, 0.15) is 0 Å². The highest BCUT2D eigenvalue weighted by Gasteiger charge is 2.27. The van der Waals surface area contributed by atoms with Gasteiger partial charge in [0.05, 0.1) is 0 Å². The predicted octanol–water partition coefficient (Wildman–Crippen LogP) is -0.430. The Labute approximate surface area is 95.5 Å². The van der Waals surface area contributed by atoms with Crippen LogP contribution in [0.1, 0.15) is 0 Å². The normalized spacial score (nSPS) is 23.1. The minimum atomic E-state index is 0.768. The monoisotopic (exact) mass is 219 g/mol. The zero-order chi connectivity index (χ0) is 10.8. The molecule has 0 atom stereocenters. The number of hydrogen-bond acceptors (Lipinski definition) is 5. The van der Waals surface area contributed by atoms with Crippen molar-refractivity contribution in [1.82, 2.24) is 20.4 Å². The van der Waals surface area contributed by atoms with E-state index in [4.69, 9.17) is 0 Å². The van der Waals surface area contributed by atoms with Gasteiger partial charge in [-0.2, -0.15) is 5.10 Å². The maximum Gasteiger partial charge on any atom is 0.151 e. The fraction of sp³-hybridized carbons (Fsp3) is 0.636. The standard InChI is InChI=1S/C11H17N5/c1-2-11(14-13-3-1)16-6-4-15(5-7-16)10-8-12-9-10/h1-3,10,12H,4-9H2. The Bertz CT molecular complexity index is 329. The molecule has 0 spiro atoms. The number of piperazine rings is 1. The topological polar surface area (TPSA) is 44.3 Å². The van der Waals surface area contributed by atoms with Crippen molar-refractivity contribution in [3.8, 4) is 0 Å². The van der Waals surface area contributed by atoms with Gasteiger partial charge >= 0.3 is 0 Å². The molecule has 0 radical (unpaired) electrons. The molecule has 16 heavy (non-hydrogen) atoms. The summed E-state index contributed by atoms with van der Waals surface area (Å²) in [5, 5.41) is 11.4. The highest BCUT2D eigenvalue weighted by molar-refractivity contribution is 5.36. The van der Waals surface area contributed by atoms with Gasteiger partial charge in [-0.05, 0) is 12.1 Å². The summed E-state index contributed by atoms with van der Waals surface area (Å²) in [6.45, 7) is 6.73. The molecule has 5 nitrogen and oxygen atoms in total. The van der Waals surface area contributed by atoms with Gasteiger partial charge in [-0.25, -0.2) is 0 Å². The summed E-state index contributed by atoms with van der Waals surface area (Å²) >= 11 is 0. The second-order valence-electron chi connectivity index (χ2n) is 4.42. The minimum absolute atomic E-state index is 0.768. The molecular formula is C11H17N5. The lowest BCUT2D eigenvalue weighted by Gasteiger charge is -2.43. The van der Waals surface area contributed by atoms with E-state index in [1.165, 1.54) is 0 Å². The summed E-state index contributed by atoms with van der Waals surface area (Å²) in [7, 11) is 0. The lowest BCUT2D eigenvalue weighted by Crippen LogP contribution is -2.61. The fourth-order valence-corrected chi connectivity index (χ4v) is 2.31. The van der Waals surface area contributed by atoms with Gasteiger partial charge in [0.2, 0.25) is 0 Å². The van der Waals surface area contributed by atoms with Crippen LogP contribution in [0.15, 0.2) is 18.3 Å². The molecule has 3 rings (SSSR count). The minimum Gasteiger partial charge on any atom is -0.353 e. The Morgan fingerprint density at radius 2 is 2.00 bits per heavy atom. The van der Waals surface area contributed by atoms with E-state index in [0.717, 1.165) is 51.1 Å². The molecule has 2 saturated heterocycles. The third kappa shape index (κ3) is 1.88. The van der Waals surface area contributed by atoms with Crippen molar-refractivity contribution in [2.24, 2.45) is 0 Å². The van der Waals surface area contributed by atoms with Crippen molar-refractivity contribution in [2.45, 2.75) is 6.04 Å². The molecule has 1 aromatic rings. The Morgan fingerprint density at radius 1 is 1.19 bits per heavy atom. The molecule has 2 fully saturated rings.